The molecule has 2 nitrogen and oxygen atoms in total. The zero-order chi connectivity index (χ0) is 18.2. The Hall–Kier alpha value is -1.75. The van der Waals surface area contributed by atoms with Crippen LogP contribution in [0.2, 0.25) is 0 Å². The molecule has 0 aromatic heterocycles. The predicted molar refractivity (Wildman–Crippen MR) is 101 cm³/mol. The molecular formula is C22H32O2. The molecule has 0 unspecified atom stereocenters. The molecule has 24 heavy (non-hydrogen) atoms. The Kier molecular flexibility index (Phi) is 8.05. The van der Waals surface area contributed by atoms with E-state index in [4.69, 9.17) is 4.74 Å². The van der Waals surface area contributed by atoms with Crippen LogP contribution in [-0.4, -0.2) is 12.6 Å². The number of esters is 1. The lowest BCUT2D eigenvalue weighted by atomic mass is 9.64. The van der Waals surface area contributed by atoms with E-state index in [1.807, 2.05) is 31.2 Å². The van der Waals surface area contributed by atoms with Crippen molar-refractivity contribution in [2.75, 3.05) is 6.61 Å². The summed E-state index contributed by atoms with van der Waals surface area (Å²) in [5, 5.41) is 0. The highest BCUT2D eigenvalue weighted by Gasteiger charge is 2.35. The van der Waals surface area contributed by atoms with E-state index in [2.05, 4.69) is 39.5 Å². The maximum atomic E-state index is 10.7. The molecule has 0 saturated heterocycles. The molecule has 0 N–H and O–H groups in total. The Balaban J connectivity index is 2.64. The van der Waals surface area contributed by atoms with Gasteiger partial charge in [0, 0.05) is 12.8 Å². The maximum Gasteiger partial charge on any atom is 0.302 e. The molecule has 0 bridgehead atoms. The largest absolute Gasteiger partial charge is 0.462 e. The molecule has 132 valence electrons. The quantitative estimate of drug-likeness (QED) is 0.389. The smallest absolute Gasteiger partial charge is 0.302 e. The lowest BCUT2D eigenvalue weighted by molar-refractivity contribution is -0.139. The predicted octanol–water partition coefficient (Wildman–Crippen LogP) is 5.46. The topological polar surface area (TPSA) is 26.3 Å². The lowest BCUT2D eigenvalue weighted by Gasteiger charge is -2.39. The summed E-state index contributed by atoms with van der Waals surface area (Å²) < 4.78 is 4.89. The fourth-order valence-corrected chi connectivity index (χ4v) is 3.25. The second-order valence-corrected chi connectivity index (χ2v) is 7.56. The van der Waals surface area contributed by atoms with Crippen molar-refractivity contribution >= 4 is 5.97 Å². The Bertz CT molecular complexity index is 579. The number of carbonyl (C=O) groups is 1. The molecule has 1 aliphatic rings. The van der Waals surface area contributed by atoms with E-state index in [1.54, 1.807) is 0 Å². The van der Waals surface area contributed by atoms with Crippen molar-refractivity contribution in [2.24, 2.45) is 17.3 Å². The number of carbonyl (C=O) groups excluding carboxylic acids is 1. The van der Waals surface area contributed by atoms with Crippen molar-refractivity contribution in [1.82, 2.24) is 0 Å². The third kappa shape index (κ3) is 7.21. The van der Waals surface area contributed by atoms with Gasteiger partial charge in [-0.05, 0) is 49.7 Å². The van der Waals surface area contributed by atoms with E-state index in [1.165, 1.54) is 26.2 Å². The minimum Gasteiger partial charge on any atom is -0.462 e. The van der Waals surface area contributed by atoms with Crippen LogP contribution in [0.5, 0.6) is 0 Å². The van der Waals surface area contributed by atoms with Gasteiger partial charge in [-0.1, -0.05) is 62.8 Å². The van der Waals surface area contributed by atoms with Crippen LogP contribution >= 0.6 is 0 Å². The van der Waals surface area contributed by atoms with Crippen molar-refractivity contribution in [3.05, 3.63) is 35.5 Å². The summed E-state index contributed by atoms with van der Waals surface area (Å²) in [6.07, 6.45) is 11.8. The highest BCUT2D eigenvalue weighted by Crippen LogP contribution is 2.43. The Morgan fingerprint density at radius 1 is 1.29 bits per heavy atom. The molecular weight excluding hydrogens is 296 g/mol. The van der Waals surface area contributed by atoms with Crippen LogP contribution in [0.15, 0.2) is 35.5 Å². The third-order valence-corrected chi connectivity index (χ3v) is 4.71. The summed E-state index contributed by atoms with van der Waals surface area (Å²) in [7, 11) is 0. The van der Waals surface area contributed by atoms with Crippen molar-refractivity contribution in [1.29, 1.82) is 0 Å². The summed E-state index contributed by atoms with van der Waals surface area (Å²) in [5.74, 6) is 7.76. The maximum absolute atomic E-state index is 10.7. The minimum absolute atomic E-state index is 0.256. The second kappa shape index (κ2) is 9.52. The fourth-order valence-electron chi connectivity index (χ4n) is 3.25. The van der Waals surface area contributed by atoms with Crippen molar-refractivity contribution in [2.45, 2.75) is 60.8 Å². The van der Waals surface area contributed by atoms with Crippen LogP contribution in [0.4, 0.5) is 0 Å². The van der Waals surface area contributed by atoms with E-state index in [0.717, 1.165) is 11.1 Å². The van der Waals surface area contributed by atoms with Gasteiger partial charge in [-0.25, -0.2) is 0 Å². The molecule has 1 fully saturated rings. The van der Waals surface area contributed by atoms with Gasteiger partial charge in [-0.15, -0.1) is 0 Å². The highest BCUT2D eigenvalue weighted by molar-refractivity contribution is 5.66. The van der Waals surface area contributed by atoms with E-state index in [0.29, 0.717) is 23.9 Å². The van der Waals surface area contributed by atoms with Gasteiger partial charge in [0.25, 0.3) is 0 Å². The summed E-state index contributed by atoms with van der Waals surface area (Å²) in [4.78, 5) is 10.7. The van der Waals surface area contributed by atoms with Crippen LogP contribution in [-0.2, 0) is 9.53 Å². The fraction of sp³-hybridized carbons (Fsp3) is 0.591. The number of rotatable bonds is 4. The van der Waals surface area contributed by atoms with Gasteiger partial charge in [0.15, 0.2) is 0 Å². The second-order valence-electron chi connectivity index (χ2n) is 7.56. The van der Waals surface area contributed by atoms with Crippen LogP contribution in [0.3, 0.4) is 0 Å². The molecule has 2 heteroatoms. The lowest BCUT2D eigenvalue weighted by Crippen LogP contribution is -2.32. The van der Waals surface area contributed by atoms with Crippen molar-refractivity contribution in [3.8, 4) is 11.8 Å². The van der Waals surface area contributed by atoms with Gasteiger partial charge in [-0.3, -0.25) is 4.79 Å². The average molecular weight is 328 g/mol. The van der Waals surface area contributed by atoms with Crippen LogP contribution < -0.4 is 0 Å². The van der Waals surface area contributed by atoms with Gasteiger partial charge >= 0.3 is 5.97 Å². The Morgan fingerprint density at radius 2 is 2.00 bits per heavy atom. The van der Waals surface area contributed by atoms with E-state index in [9.17, 15) is 4.79 Å². The monoisotopic (exact) mass is 328 g/mol. The first-order valence-corrected chi connectivity index (χ1v) is 8.89. The molecule has 1 rings (SSSR count). The molecule has 1 saturated carbocycles. The SMILES string of the molecule is CC(=O)OCC=C(C)C=CC=C(C)C#C[C@@H]1[C@H](C)CCCC1(C)C. The molecule has 0 aliphatic heterocycles. The zero-order valence-electron chi connectivity index (χ0n) is 16.1. The Morgan fingerprint density at radius 3 is 2.62 bits per heavy atom. The molecule has 0 aromatic rings. The van der Waals surface area contributed by atoms with E-state index >= 15 is 0 Å². The number of ether oxygens (including phenoxy) is 1. The zero-order valence-corrected chi connectivity index (χ0v) is 16.1. The van der Waals surface area contributed by atoms with Crippen molar-refractivity contribution in [3.63, 3.8) is 0 Å². The first-order chi connectivity index (χ1) is 11.2. The summed E-state index contributed by atoms with van der Waals surface area (Å²) in [5.41, 5.74) is 2.46. The van der Waals surface area contributed by atoms with Crippen LogP contribution in [0.1, 0.15) is 60.8 Å². The Labute approximate surface area is 148 Å². The van der Waals surface area contributed by atoms with Gasteiger partial charge < -0.3 is 4.74 Å². The summed E-state index contributed by atoms with van der Waals surface area (Å²) in [6.45, 7) is 12.8. The van der Waals surface area contributed by atoms with E-state index in [-0.39, 0.29) is 5.97 Å². The number of hydrogen-bond acceptors (Lipinski definition) is 2. The molecule has 0 spiro atoms. The summed E-state index contributed by atoms with van der Waals surface area (Å²) in [6, 6.07) is 0. The molecule has 1 aliphatic carbocycles. The minimum atomic E-state index is -0.256. The van der Waals surface area contributed by atoms with Gasteiger partial charge in [-0.2, -0.15) is 0 Å². The first kappa shape index (κ1) is 20.3. The number of allylic oxidation sites excluding steroid dienone is 5. The molecule has 2 atom stereocenters. The average Bonchev–Trinajstić information content (AvgIpc) is 2.45. The van der Waals surface area contributed by atoms with Crippen LogP contribution in [0, 0.1) is 29.1 Å². The highest BCUT2D eigenvalue weighted by atomic mass is 16.5. The molecule has 0 heterocycles. The van der Waals surface area contributed by atoms with Gasteiger partial charge in [0.2, 0.25) is 0 Å². The number of hydrogen-bond donors (Lipinski definition) is 0. The van der Waals surface area contributed by atoms with Gasteiger partial charge in [0.1, 0.15) is 6.61 Å². The molecule has 0 amide bonds. The van der Waals surface area contributed by atoms with Crippen molar-refractivity contribution < 1.29 is 9.53 Å². The van der Waals surface area contributed by atoms with Crippen LogP contribution in [0.25, 0.3) is 0 Å². The standard InChI is InChI=1S/C22H32O2/c1-17(9-7-10-18(2)14-16-24-20(4)23)12-13-21-19(3)11-8-15-22(21,5)6/h7,9-10,14,19,21H,8,11,15-16H2,1-6H3/t19-,21-/m1/s1. The molecule has 0 radical (unpaired) electrons. The summed E-state index contributed by atoms with van der Waals surface area (Å²) >= 11 is 0. The normalized spacial score (nSPS) is 24.4. The third-order valence-electron chi connectivity index (χ3n) is 4.71. The van der Waals surface area contributed by atoms with Gasteiger partial charge in [0.05, 0.1) is 0 Å². The molecule has 0 aromatic carbocycles. The van der Waals surface area contributed by atoms with E-state index < -0.39 is 0 Å². The first-order valence-electron chi connectivity index (χ1n) is 8.89.